The Morgan fingerprint density at radius 1 is 1.20 bits per heavy atom. The molecule has 0 saturated carbocycles. The second kappa shape index (κ2) is 7.30. The minimum atomic E-state index is -0.172. The number of hydrogen-bond donors (Lipinski definition) is 1. The number of benzene rings is 2. The monoisotopic (exact) mass is 339 g/mol. The van der Waals surface area contributed by atoms with Crippen LogP contribution in [-0.4, -0.2) is 19.8 Å². The summed E-state index contributed by atoms with van der Waals surface area (Å²) in [7, 11) is 1.63. The van der Waals surface area contributed by atoms with Crippen LogP contribution in [0.5, 0.6) is 17.2 Å². The second-order valence-electron chi connectivity index (χ2n) is 5.92. The van der Waals surface area contributed by atoms with Crippen molar-refractivity contribution in [1.82, 2.24) is 5.32 Å². The Kier molecular flexibility index (Phi) is 4.93. The average molecular weight is 339 g/mol. The largest absolute Gasteiger partial charge is 0.496 e. The maximum atomic E-state index is 12.2. The van der Waals surface area contributed by atoms with Crippen molar-refractivity contribution >= 4 is 12.0 Å². The van der Waals surface area contributed by atoms with Gasteiger partial charge in [-0.1, -0.05) is 23.8 Å². The number of nitrogens with one attached hydrogen (secondary N) is 1. The summed E-state index contributed by atoms with van der Waals surface area (Å²) < 4.78 is 16.0. The van der Waals surface area contributed by atoms with E-state index in [-0.39, 0.29) is 18.7 Å². The fraction of sp³-hybridized carbons (Fsp3) is 0.250. The van der Waals surface area contributed by atoms with Crippen LogP contribution >= 0.6 is 0 Å². The highest BCUT2D eigenvalue weighted by Crippen LogP contribution is 2.32. The summed E-state index contributed by atoms with van der Waals surface area (Å²) >= 11 is 0. The van der Waals surface area contributed by atoms with Crippen LogP contribution in [0.3, 0.4) is 0 Å². The molecule has 3 rings (SSSR count). The van der Waals surface area contributed by atoms with Crippen molar-refractivity contribution in [3.63, 3.8) is 0 Å². The molecular formula is C20H21NO4. The average Bonchev–Trinajstić information content (AvgIpc) is 3.07. The maximum Gasteiger partial charge on any atom is 0.244 e. The first-order valence-electron chi connectivity index (χ1n) is 8.09. The molecule has 0 spiro atoms. The van der Waals surface area contributed by atoms with Crippen LogP contribution in [0.4, 0.5) is 0 Å². The van der Waals surface area contributed by atoms with Gasteiger partial charge in [0, 0.05) is 11.6 Å². The van der Waals surface area contributed by atoms with Gasteiger partial charge in [-0.2, -0.15) is 0 Å². The topological polar surface area (TPSA) is 56.8 Å². The Morgan fingerprint density at radius 2 is 2.00 bits per heavy atom. The van der Waals surface area contributed by atoms with E-state index in [1.165, 1.54) is 6.08 Å². The molecular weight excluding hydrogens is 318 g/mol. The first-order valence-corrected chi connectivity index (χ1v) is 8.09. The van der Waals surface area contributed by atoms with E-state index in [4.69, 9.17) is 14.2 Å². The van der Waals surface area contributed by atoms with E-state index >= 15 is 0 Å². The molecule has 1 N–H and O–H groups in total. The molecule has 2 aromatic carbocycles. The van der Waals surface area contributed by atoms with Gasteiger partial charge in [-0.25, -0.2) is 0 Å². The van der Waals surface area contributed by atoms with E-state index in [2.05, 4.69) is 5.32 Å². The predicted octanol–water partition coefficient (Wildman–Crippen LogP) is 3.62. The zero-order chi connectivity index (χ0) is 17.8. The highest BCUT2D eigenvalue weighted by molar-refractivity contribution is 5.92. The zero-order valence-electron chi connectivity index (χ0n) is 14.5. The number of carbonyl (C=O) groups is 1. The van der Waals surface area contributed by atoms with E-state index in [1.807, 2.05) is 50.2 Å². The fourth-order valence-corrected chi connectivity index (χ4v) is 2.72. The Morgan fingerprint density at radius 3 is 2.80 bits per heavy atom. The zero-order valence-corrected chi connectivity index (χ0v) is 14.5. The number of carbonyl (C=O) groups excluding carboxylic acids is 1. The van der Waals surface area contributed by atoms with Crippen molar-refractivity contribution in [3.8, 4) is 17.2 Å². The Bertz CT molecular complexity index is 813. The smallest absolute Gasteiger partial charge is 0.244 e. The molecule has 0 unspecified atom stereocenters. The van der Waals surface area contributed by atoms with Crippen LogP contribution in [0.15, 0.2) is 42.5 Å². The predicted molar refractivity (Wildman–Crippen MR) is 95.9 cm³/mol. The summed E-state index contributed by atoms with van der Waals surface area (Å²) in [6.07, 6.45) is 3.26. The van der Waals surface area contributed by atoms with Gasteiger partial charge < -0.3 is 19.5 Å². The van der Waals surface area contributed by atoms with Crippen LogP contribution in [0.1, 0.15) is 29.7 Å². The van der Waals surface area contributed by atoms with E-state index < -0.39 is 0 Å². The van der Waals surface area contributed by atoms with Gasteiger partial charge in [0.1, 0.15) is 5.75 Å². The summed E-state index contributed by atoms with van der Waals surface area (Å²) in [6.45, 7) is 4.18. The summed E-state index contributed by atoms with van der Waals surface area (Å²) in [5, 5.41) is 2.96. The molecule has 2 aromatic rings. The molecule has 5 nitrogen and oxygen atoms in total. The lowest BCUT2D eigenvalue weighted by molar-refractivity contribution is -0.117. The first-order chi connectivity index (χ1) is 12.1. The summed E-state index contributed by atoms with van der Waals surface area (Å²) in [4.78, 5) is 12.2. The molecule has 25 heavy (non-hydrogen) atoms. The second-order valence-corrected chi connectivity index (χ2v) is 5.92. The van der Waals surface area contributed by atoms with Crippen LogP contribution in [0, 0.1) is 6.92 Å². The molecule has 0 aromatic heterocycles. The fourth-order valence-electron chi connectivity index (χ4n) is 2.72. The van der Waals surface area contributed by atoms with E-state index in [9.17, 15) is 4.79 Å². The van der Waals surface area contributed by atoms with E-state index in [0.717, 1.165) is 28.2 Å². The maximum absolute atomic E-state index is 12.2. The van der Waals surface area contributed by atoms with Crippen molar-refractivity contribution in [2.24, 2.45) is 0 Å². The van der Waals surface area contributed by atoms with Crippen LogP contribution in [-0.2, 0) is 4.79 Å². The van der Waals surface area contributed by atoms with Crippen LogP contribution in [0.25, 0.3) is 6.08 Å². The Balaban J connectivity index is 1.67. The molecule has 0 saturated heterocycles. The minimum Gasteiger partial charge on any atom is -0.496 e. The van der Waals surface area contributed by atoms with Crippen LogP contribution in [0.2, 0.25) is 0 Å². The van der Waals surface area contributed by atoms with Gasteiger partial charge in [0.15, 0.2) is 11.5 Å². The van der Waals surface area contributed by atoms with Crippen molar-refractivity contribution in [3.05, 3.63) is 59.2 Å². The lowest BCUT2D eigenvalue weighted by atomic mass is 10.0. The number of aryl methyl sites for hydroxylation is 1. The van der Waals surface area contributed by atoms with Gasteiger partial charge >= 0.3 is 0 Å². The van der Waals surface area contributed by atoms with Crippen molar-refractivity contribution in [2.45, 2.75) is 19.9 Å². The van der Waals surface area contributed by atoms with Crippen LogP contribution < -0.4 is 19.5 Å². The van der Waals surface area contributed by atoms with Crippen molar-refractivity contribution in [1.29, 1.82) is 0 Å². The molecule has 1 atom stereocenters. The summed E-state index contributed by atoms with van der Waals surface area (Å²) in [5.74, 6) is 2.01. The highest BCUT2D eigenvalue weighted by Gasteiger charge is 2.14. The molecule has 5 heteroatoms. The lowest BCUT2D eigenvalue weighted by Crippen LogP contribution is -2.25. The number of rotatable bonds is 5. The molecule has 1 amide bonds. The third-order valence-corrected chi connectivity index (χ3v) is 4.03. The number of methoxy groups -OCH3 is 1. The molecule has 130 valence electrons. The molecule has 1 heterocycles. The minimum absolute atomic E-state index is 0.163. The first kappa shape index (κ1) is 16.9. The van der Waals surface area contributed by atoms with E-state index in [0.29, 0.717) is 5.75 Å². The SMILES string of the molecule is COc1ccc(C)cc1[C@@H](C)NC(=O)/C=C/c1ccc2c(c1)OCO2. The van der Waals surface area contributed by atoms with Gasteiger partial charge in [-0.15, -0.1) is 0 Å². The quantitative estimate of drug-likeness (QED) is 0.845. The normalized spacial score (nSPS) is 13.7. The number of fused-ring (bicyclic) bond motifs is 1. The van der Waals surface area contributed by atoms with Gasteiger partial charge in [0.05, 0.1) is 13.2 Å². The summed E-state index contributed by atoms with van der Waals surface area (Å²) in [6, 6.07) is 11.3. The van der Waals surface area contributed by atoms with Crippen molar-refractivity contribution in [2.75, 3.05) is 13.9 Å². The van der Waals surface area contributed by atoms with Gasteiger partial charge in [0.2, 0.25) is 12.7 Å². The highest BCUT2D eigenvalue weighted by atomic mass is 16.7. The standard InChI is InChI=1S/C20H21NO4/c1-13-4-7-17(23-3)16(10-13)14(2)21-20(22)9-6-15-5-8-18-19(11-15)25-12-24-18/h4-11,14H,12H2,1-3H3,(H,21,22)/b9-6+/t14-/m1/s1. The molecule has 0 radical (unpaired) electrons. The third-order valence-electron chi connectivity index (χ3n) is 4.03. The number of ether oxygens (including phenoxy) is 3. The third kappa shape index (κ3) is 3.94. The number of amides is 1. The van der Waals surface area contributed by atoms with Gasteiger partial charge in [0.25, 0.3) is 0 Å². The molecule has 0 bridgehead atoms. The molecule has 1 aliphatic rings. The molecule has 1 aliphatic heterocycles. The van der Waals surface area contributed by atoms with Crippen molar-refractivity contribution < 1.29 is 19.0 Å². The Hall–Kier alpha value is -2.95. The van der Waals surface area contributed by atoms with Gasteiger partial charge in [-0.3, -0.25) is 4.79 Å². The van der Waals surface area contributed by atoms with E-state index in [1.54, 1.807) is 13.2 Å². The summed E-state index contributed by atoms with van der Waals surface area (Å²) in [5.41, 5.74) is 2.94. The Labute approximate surface area is 147 Å². The molecule has 0 fully saturated rings. The lowest BCUT2D eigenvalue weighted by Gasteiger charge is -2.17. The number of hydrogen-bond acceptors (Lipinski definition) is 4. The van der Waals surface area contributed by atoms with Gasteiger partial charge in [-0.05, 0) is 43.7 Å². The molecule has 0 aliphatic carbocycles.